The van der Waals surface area contributed by atoms with Crippen molar-refractivity contribution < 1.29 is 14.6 Å². The van der Waals surface area contributed by atoms with E-state index in [2.05, 4.69) is 0 Å². The summed E-state index contributed by atoms with van der Waals surface area (Å²) in [5, 5.41) is 8.93. The number of nitrogens with two attached hydrogens (primary N) is 1. The summed E-state index contributed by atoms with van der Waals surface area (Å²) in [5.41, 5.74) is 5.72. The number of benzene rings is 1. The maximum atomic E-state index is 10.9. The molecule has 1 aromatic carbocycles. The Morgan fingerprint density at radius 1 is 1.50 bits per heavy atom. The summed E-state index contributed by atoms with van der Waals surface area (Å²) in [6, 6.07) is 7.67. The van der Waals surface area contributed by atoms with Gasteiger partial charge in [0.25, 0.3) is 0 Å². The van der Waals surface area contributed by atoms with Gasteiger partial charge in [0.1, 0.15) is 11.3 Å². The molecular formula is C12H15NO3. The van der Waals surface area contributed by atoms with Gasteiger partial charge in [-0.05, 0) is 30.4 Å². The number of carboxylic acid groups (broad SMARTS) is 1. The average Bonchev–Trinajstić information content (AvgIpc) is 2.24. The van der Waals surface area contributed by atoms with E-state index in [0.29, 0.717) is 12.8 Å². The molecule has 4 nitrogen and oxygen atoms in total. The summed E-state index contributed by atoms with van der Waals surface area (Å²) in [5.74, 6) is 0.0795. The Morgan fingerprint density at radius 2 is 2.12 bits per heavy atom. The largest absolute Gasteiger partial charge is 0.496 e. The Bertz CT molecular complexity index is 410. The van der Waals surface area contributed by atoms with Crippen molar-refractivity contribution in [2.45, 2.75) is 24.3 Å². The second kappa shape index (κ2) is 3.79. The Labute approximate surface area is 94.0 Å². The number of para-hydroxylation sites is 1. The van der Waals surface area contributed by atoms with E-state index in [1.807, 2.05) is 24.3 Å². The van der Waals surface area contributed by atoms with Crippen LogP contribution in [0.2, 0.25) is 0 Å². The molecule has 0 saturated heterocycles. The van der Waals surface area contributed by atoms with Crippen LogP contribution in [0.3, 0.4) is 0 Å². The van der Waals surface area contributed by atoms with Gasteiger partial charge in [-0.1, -0.05) is 18.2 Å². The fourth-order valence-electron chi connectivity index (χ4n) is 2.22. The normalized spacial score (nSPS) is 28.2. The van der Waals surface area contributed by atoms with Crippen LogP contribution >= 0.6 is 0 Å². The van der Waals surface area contributed by atoms with Gasteiger partial charge < -0.3 is 15.6 Å². The second-order valence-electron chi connectivity index (χ2n) is 4.31. The molecule has 0 radical (unpaired) electrons. The SMILES string of the molecule is COc1ccccc1C1CC(N)(C(=O)O)C1. The minimum atomic E-state index is -1.05. The van der Waals surface area contributed by atoms with Crippen LogP contribution in [-0.4, -0.2) is 23.7 Å². The number of ether oxygens (including phenoxy) is 1. The van der Waals surface area contributed by atoms with Crippen LogP contribution in [0, 0.1) is 0 Å². The fraction of sp³-hybridized carbons (Fsp3) is 0.417. The predicted octanol–water partition coefficient (Wildman–Crippen LogP) is 1.35. The van der Waals surface area contributed by atoms with Gasteiger partial charge >= 0.3 is 5.97 Å². The lowest BCUT2D eigenvalue weighted by molar-refractivity contribution is -0.147. The first-order valence-corrected chi connectivity index (χ1v) is 5.22. The van der Waals surface area contributed by atoms with Crippen LogP contribution in [0.1, 0.15) is 24.3 Å². The Morgan fingerprint density at radius 3 is 2.69 bits per heavy atom. The molecule has 0 spiro atoms. The lowest BCUT2D eigenvalue weighted by Gasteiger charge is -2.41. The summed E-state index contributed by atoms with van der Waals surface area (Å²) >= 11 is 0. The lowest BCUT2D eigenvalue weighted by Crippen LogP contribution is -2.57. The molecule has 0 unspecified atom stereocenters. The van der Waals surface area contributed by atoms with Crippen molar-refractivity contribution in [3.63, 3.8) is 0 Å². The highest BCUT2D eigenvalue weighted by atomic mass is 16.5. The minimum Gasteiger partial charge on any atom is -0.496 e. The third-order valence-electron chi connectivity index (χ3n) is 3.23. The molecule has 0 atom stereocenters. The highest BCUT2D eigenvalue weighted by Crippen LogP contribution is 2.45. The van der Waals surface area contributed by atoms with Crippen molar-refractivity contribution in [3.05, 3.63) is 29.8 Å². The molecule has 1 fully saturated rings. The molecule has 1 aliphatic rings. The summed E-state index contributed by atoms with van der Waals surface area (Å²) in [6.45, 7) is 0. The maximum absolute atomic E-state index is 10.9. The summed E-state index contributed by atoms with van der Waals surface area (Å²) in [7, 11) is 1.62. The molecule has 0 aromatic heterocycles. The van der Waals surface area contributed by atoms with Crippen molar-refractivity contribution in [2.24, 2.45) is 5.73 Å². The summed E-state index contributed by atoms with van der Waals surface area (Å²) in [6.07, 6.45) is 0.950. The van der Waals surface area contributed by atoms with Gasteiger partial charge in [-0.3, -0.25) is 4.79 Å². The van der Waals surface area contributed by atoms with Gasteiger partial charge in [-0.25, -0.2) is 0 Å². The van der Waals surface area contributed by atoms with E-state index in [-0.39, 0.29) is 5.92 Å². The summed E-state index contributed by atoms with van der Waals surface area (Å²) < 4.78 is 5.24. The van der Waals surface area contributed by atoms with Crippen molar-refractivity contribution in [1.82, 2.24) is 0 Å². The van der Waals surface area contributed by atoms with E-state index in [1.54, 1.807) is 7.11 Å². The molecule has 3 N–H and O–H groups in total. The molecule has 2 rings (SSSR count). The van der Waals surface area contributed by atoms with Crippen molar-refractivity contribution in [3.8, 4) is 5.75 Å². The molecule has 16 heavy (non-hydrogen) atoms. The first kappa shape index (κ1) is 11.0. The number of hydrogen-bond donors (Lipinski definition) is 2. The topological polar surface area (TPSA) is 72.5 Å². The molecule has 0 amide bonds. The number of methoxy groups -OCH3 is 1. The smallest absolute Gasteiger partial charge is 0.323 e. The first-order valence-electron chi connectivity index (χ1n) is 5.22. The highest BCUT2D eigenvalue weighted by molar-refractivity contribution is 5.80. The molecule has 1 aromatic rings. The van der Waals surface area contributed by atoms with E-state index >= 15 is 0 Å². The molecule has 0 aliphatic heterocycles. The van der Waals surface area contributed by atoms with E-state index < -0.39 is 11.5 Å². The van der Waals surface area contributed by atoms with Crippen LogP contribution in [0.5, 0.6) is 5.75 Å². The van der Waals surface area contributed by atoms with Crippen molar-refractivity contribution in [1.29, 1.82) is 0 Å². The van der Waals surface area contributed by atoms with Crippen molar-refractivity contribution >= 4 is 5.97 Å². The number of aliphatic carboxylic acids is 1. The third kappa shape index (κ3) is 1.65. The molecule has 1 saturated carbocycles. The van der Waals surface area contributed by atoms with Gasteiger partial charge in [0.05, 0.1) is 7.11 Å². The standard InChI is InChI=1S/C12H15NO3/c1-16-10-5-3-2-4-9(10)8-6-12(13,7-8)11(14)15/h2-5,8H,6-7,13H2,1H3,(H,14,15). The molecule has 1 aliphatic carbocycles. The lowest BCUT2D eigenvalue weighted by atomic mass is 9.66. The number of hydrogen-bond acceptors (Lipinski definition) is 3. The van der Waals surface area contributed by atoms with Crippen LogP contribution < -0.4 is 10.5 Å². The predicted molar refractivity (Wildman–Crippen MR) is 59.5 cm³/mol. The molecular weight excluding hydrogens is 206 g/mol. The number of carbonyl (C=O) groups is 1. The van der Waals surface area contributed by atoms with Crippen LogP contribution in [-0.2, 0) is 4.79 Å². The van der Waals surface area contributed by atoms with Gasteiger partial charge in [0.2, 0.25) is 0 Å². The maximum Gasteiger partial charge on any atom is 0.323 e. The van der Waals surface area contributed by atoms with Crippen LogP contribution in [0.25, 0.3) is 0 Å². The Hall–Kier alpha value is -1.55. The zero-order valence-electron chi connectivity index (χ0n) is 9.14. The van der Waals surface area contributed by atoms with E-state index in [1.165, 1.54) is 0 Å². The monoisotopic (exact) mass is 221 g/mol. The third-order valence-corrected chi connectivity index (χ3v) is 3.23. The summed E-state index contributed by atoms with van der Waals surface area (Å²) in [4.78, 5) is 10.9. The van der Waals surface area contributed by atoms with Crippen molar-refractivity contribution in [2.75, 3.05) is 7.11 Å². The van der Waals surface area contributed by atoms with Crippen LogP contribution in [0.4, 0.5) is 0 Å². The second-order valence-corrected chi connectivity index (χ2v) is 4.31. The Balaban J connectivity index is 2.15. The minimum absolute atomic E-state index is 0.192. The van der Waals surface area contributed by atoms with Crippen LogP contribution in [0.15, 0.2) is 24.3 Å². The van der Waals surface area contributed by atoms with E-state index in [9.17, 15) is 4.79 Å². The number of rotatable bonds is 3. The Kier molecular flexibility index (Phi) is 2.59. The van der Waals surface area contributed by atoms with Gasteiger partial charge in [-0.15, -0.1) is 0 Å². The fourth-order valence-corrected chi connectivity index (χ4v) is 2.22. The van der Waals surface area contributed by atoms with E-state index in [0.717, 1.165) is 11.3 Å². The highest BCUT2D eigenvalue weighted by Gasteiger charge is 2.48. The molecule has 86 valence electrons. The molecule has 0 bridgehead atoms. The van der Waals surface area contributed by atoms with Gasteiger partial charge in [0, 0.05) is 0 Å². The first-order chi connectivity index (χ1) is 7.57. The zero-order valence-corrected chi connectivity index (χ0v) is 9.14. The van der Waals surface area contributed by atoms with Gasteiger partial charge in [-0.2, -0.15) is 0 Å². The molecule has 0 heterocycles. The quantitative estimate of drug-likeness (QED) is 0.808. The molecule has 4 heteroatoms. The zero-order chi connectivity index (χ0) is 11.8. The number of carboxylic acids is 1. The van der Waals surface area contributed by atoms with E-state index in [4.69, 9.17) is 15.6 Å². The average molecular weight is 221 g/mol. The van der Waals surface area contributed by atoms with Gasteiger partial charge in [0.15, 0.2) is 0 Å².